The third kappa shape index (κ3) is 1.62. The van der Waals surface area contributed by atoms with E-state index in [1.54, 1.807) is 11.3 Å². The Morgan fingerprint density at radius 3 is 2.92 bits per heavy atom. The summed E-state index contributed by atoms with van der Waals surface area (Å²) in [6.45, 7) is 4.14. The zero-order valence-electron chi connectivity index (χ0n) is 7.66. The van der Waals surface area contributed by atoms with Crippen LogP contribution >= 0.6 is 11.3 Å². The van der Waals surface area contributed by atoms with E-state index in [2.05, 4.69) is 40.5 Å². The molecule has 2 heterocycles. The normalized spacial score (nSPS) is 10.6. The lowest BCUT2D eigenvalue weighted by Crippen LogP contribution is -1.81. The predicted molar refractivity (Wildman–Crippen MR) is 53.8 cm³/mol. The summed E-state index contributed by atoms with van der Waals surface area (Å²) < 4.78 is 0. The van der Waals surface area contributed by atoms with Gasteiger partial charge in [-0.25, -0.2) is 4.98 Å². The lowest BCUT2D eigenvalue weighted by Gasteiger charge is -1.84. The van der Waals surface area contributed by atoms with Gasteiger partial charge in [-0.3, -0.25) is 5.10 Å². The van der Waals surface area contributed by atoms with Crippen LogP contribution in [-0.2, 0) is 6.42 Å². The highest BCUT2D eigenvalue weighted by atomic mass is 32.1. The number of thiophene rings is 1. The first kappa shape index (κ1) is 8.44. The summed E-state index contributed by atoms with van der Waals surface area (Å²) in [5.41, 5.74) is 1.11. The van der Waals surface area contributed by atoms with Crippen LogP contribution in [0.1, 0.15) is 17.6 Å². The van der Waals surface area contributed by atoms with Crippen LogP contribution in [0.5, 0.6) is 0 Å². The average molecular weight is 193 g/mol. The maximum atomic E-state index is 4.35. The fourth-order valence-electron chi connectivity index (χ4n) is 1.14. The van der Waals surface area contributed by atoms with Crippen molar-refractivity contribution >= 4 is 11.3 Å². The van der Waals surface area contributed by atoms with Crippen LogP contribution in [0.2, 0.25) is 0 Å². The van der Waals surface area contributed by atoms with E-state index in [4.69, 9.17) is 0 Å². The van der Waals surface area contributed by atoms with Crippen molar-refractivity contribution in [2.45, 2.75) is 20.3 Å². The third-order valence-corrected chi connectivity index (χ3v) is 2.72. The highest BCUT2D eigenvalue weighted by Crippen LogP contribution is 2.21. The Morgan fingerprint density at radius 1 is 1.54 bits per heavy atom. The number of hydrogen-bond acceptors (Lipinski definition) is 3. The standard InChI is InChI=1S/C9H11N3S/c1-3-8-10-9(12-11-8)7-4-6(2)13-5-7/h4-5H,3H2,1-2H3,(H,10,11,12). The molecule has 0 aliphatic rings. The van der Waals surface area contributed by atoms with E-state index >= 15 is 0 Å². The lowest BCUT2D eigenvalue weighted by molar-refractivity contribution is 0.946. The van der Waals surface area contributed by atoms with Crippen molar-refractivity contribution in [1.82, 2.24) is 15.2 Å². The number of nitrogens with zero attached hydrogens (tertiary/aromatic N) is 2. The average Bonchev–Trinajstić information content (AvgIpc) is 2.71. The predicted octanol–water partition coefficient (Wildman–Crippen LogP) is 2.40. The number of H-pyrrole nitrogens is 1. The Bertz CT molecular complexity index is 402. The van der Waals surface area contributed by atoms with E-state index < -0.39 is 0 Å². The Kier molecular flexibility index (Phi) is 2.14. The van der Waals surface area contributed by atoms with Gasteiger partial charge in [0.05, 0.1) is 0 Å². The van der Waals surface area contributed by atoms with Gasteiger partial charge in [0.15, 0.2) is 5.82 Å². The highest BCUT2D eigenvalue weighted by Gasteiger charge is 2.05. The van der Waals surface area contributed by atoms with Gasteiger partial charge in [0.1, 0.15) is 5.82 Å². The number of aryl methyl sites for hydroxylation is 2. The van der Waals surface area contributed by atoms with Crippen molar-refractivity contribution in [2.75, 3.05) is 0 Å². The van der Waals surface area contributed by atoms with Gasteiger partial charge in [0.2, 0.25) is 0 Å². The molecule has 0 saturated heterocycles. The summed E-state index contributed by atoms with van der Waals surface area (Å²) >= 11 is 1.72. The SMILES string of the molecule is CCc1nc(-c2csc(C)c2)n[nH]1. The van der Waals surface area contributed by atoms with Gasteiger partial charge in [0.25, 0.3) is 0 Å². The van der Waals surface area contributed by atoms with Gasteiger partial charge in [-0.2, -0.15) is 5.10 Å². The first-order valence-electron chi connectivity index (χ1n) is 4.26. The molecule has 0 aliphatic heterocycles. The number of hydrogen-bond donors (Lipinski definition) is 1. The summed E-state index contributed by atoms with van der Waals surface area (Å²) in [4.78, 5) is 5.64. The van der Waals surface area contributed by atoms with Gasteiger partial charge >= 0.3 is 0 Å². The topological polar surface area (TPSA) is 41.6 Å². The number of rotatable bonds is 2. The van der Waals surface area contributed by atoms with Crippen LogP contribution < -0.4 is 0 Å². The van der Waals surface area contributed by atoms with Crippen molar-refractivity contribution in [3.8, 4) is 11.4 Å². The quantitative estimate of drug-likeness (QED) is 0.795. The molecule has 0 radical (unpaired) electrons. The van der Waals surface area contributed by atoms with Gasteiger partial charge in [-0.1, -0.05) is 6.92 Å². The van der Waals surface area contributed by atoms with Gasteiger partial charge in [-0.15, -0.1) is 11.3 Å². The third-order valence-electron chi connectivity index (χ3n) is 1.86. The van der Waals surface area contributed by atoms with E-state index in [0.717, 1.165) is 23.6 Å². The molecular weight excluding hydrogens is 182 g/mol. The van der Waals surface area contributed by atoms with Gasteiger partial charge in [0, 0.05) is 22.2 Å². The fraction of sp³-hybridized carbons (Fsp3) is 0.333. The van der Waals surface area contributed by atoms with E-state index in [1.165, 1.54) is 4.88 Å². The Balaban J connectivity index is 2.35. The minimum absolute atomic E-state index is 0.807. The van der Waals surface area contributed by atoms with Crippen molar-refractivity contribution in [3.05, 3.63) is 22.1 Å². The number of aromatic nitrogens is 3. The minimum atomic E-state index is 0.807. The van der Waals surface area contributed by atoms with Crippen molar-refractivity contribution < 1.29 is 0 Å². The molecule has 4 heteroatoms. The number of nitrogens with one attached hydrogen (secondary N) is 1. The Labute approximate surface area is 80.8 Å². The van der Waals surface area contributed by atoms with Gasteiger partial charge < -0.3 is 0 Å². The van der Waals surface area contributed by atoms with Gasteiger partial charge in [-0.05, 0) is 13.0 Å². The van der Waals surface area contributed by atoms with Crippen LogP contribution in [0.4, 0.5) is 0 Å². The molecule has 68 valence electrons. The second-order valence-electron chi connectivity index (χ2n) is 2.91. The zero-order valence-corrected chi connectivity index (χ0v) is 8.48. The molecule has 2 aromatic heterocycles. The fourth-order valence-corrected chi connectivity index (χ4v) is 1.82. The molecule has 0 spiro atoms. The summed E-state index contributed by atoms with van der Waals surface area (Å²) in [5.74, 6) is 1.75. The zero-order chi connectivity index (χ0) is 9.26. The molecular formula is C9H11N3S. The number of aromatic amines is 1. The second kappa shape index (κ2) is 3.30. The maximum Gasteiger partial charge on any atom is 0.181 e. The van der Waals surface area contributed by atoms with Crippen molar-refractivity contribution in [3.63, 3.8) is 0 Å². The molecule has 13 heavy (non-hydrogen) atoms. The molecule has 0 aromatic carbocycles. The smallest absolute Gasteiger partial charge is 0.181 e. The molecule has 1 N–H and O–H groups in total. The summed E-state index contributed by atoms with van der Waals surface area (Å²) in [6, 6.07) is 2.10. The molecule has 0 saturated carbocycles. The first-order valence-corrected chi connectivity index (χ1v) is 5.14. The molecule has 0 amide bonds. The monoisotopic (exact) mass is 193 g/mol. The maximum absolute atomic E-state index is 4.35. The van der Waals surface area contributed by atoms with Crippen LogP contribution in [0.25, 0.3) is 11.4 Å². The van der Waals surface area contributed by atoms with E-state index in [0.29, 0.717) is 0 Å². The molecule has 2 aromatic rings. The van der Waals surface area contributed by atoms with E-state index in [9.17, 15) is 0 Å². The van der Waals surface area contributed by atoms with E-state index in [-0.39, 0.29) is 0 Å². The summed E-state index contributed by atoms with van der Waals surface area (Å²) in [5, 5.41) is 9.13. The largest absolute Gasteiger partial charge is 0.263 e. The van der Waals surface area contributed by atoms with Crippen molar-refractivity contribution in [1.29, 1.82) is 0 Å². The molecule has 0 unspecified atom stereocenters. The Morgan fingerprint density at radius 2 is 2.38 bits per heavy atom. The highest BCUT2D eigenvalue weighted by molar-refractivity contribution is 7.10. The van der Waals surface area contributed by atoms with Crippen LogP contribution in [0, 0.1) is 6.92 Å². The molecule has 0 bridgehead atoms. The molecule has 0 aliphatic carbocycles. The van der Waals surface area contributed by atoms with Crippen molar-refractivity contribution in [2.24, 2.45) is 0 Å². The summed E-state index contributed by atoms with van der Waals surface area (Å²) in [6.07, 6.45) is 0.899. The van der Waals surface area contributed by atoms with Crippen LogP contribution in [-0.4, -0.2) is 15.2 Å². The molecule has 0 atom stereocenters. The second-order valence-corrected chi connectivity index (χ2v) is 4.02. The first-order chi connectivity index (χ1) is 6.29. The molecule has 0 fully saturated rings. The van der Waals surface area contributed by atoms with Crippen LogP contribution in [0.3, 0.4) is 0 Å². The lowest BCUT2D eigenvalue weighted by atomic mass is 10.3. The van der Waals surface area contributed by atoms with Crippen LogP contribution in [0.15, 0.2) is 11.4 Å². The summed E-state index contributed by atoms with van der Waals surface area (Å²) in [7, 11) is 0. The molecule has 3 nitrogen and oxygen atoms in total. The van der Waals surface area contributed by atoms with E-state index in [1.807, 2.05) is 0 Å². The minimum Gasteiger partial charge on any atom is -0.263 e. The Hall–Kier alpha value is -1.16. The molecule has 2 rings (SSSR count).